The molecule has 0 saturated heterocycles. The van der Waals surface area contributed by atoms with Gasteiger partial charge in [0.25, 0.3) is 5.91 Å². The first-order chi connectivity index (χ1) is 12.8. The van der Waals surface area contributed by atoms with Crippen LogP contribution in [0.25, 0.3) is 0 Å². The lowest BCUT2D eigenvalue weighted by molar-refractivity contribution is -0.676. The van der Waals surface area contributed by atoms with Gasteiger partial charge >= 0.3 is 0 Å². The molecule has 128 valence electrons. The average molecular weight is 342 g/mol. The number of nitrogens with one attached hydrogen (secondary N) is 1. The molecular formula is C22H20N3O+. The molecule has 0 atom stereocenters. The number of amides is 1. The summed E-state index contributed by atoms with van der Waals surface area (Å²) in [6, 6.07) is 29.3. The fourth-order valence-corrected chi connectivity index (χ4v) is 2.89. The van der Waals surface area contributed by atoms with Crippen molar-refractivity contribution in [3.63, 3.8) is 0 Å². The van der Waals surface area contributed by atoms with Crippen molar-refractivity contribution in [3.8, 4) is 6.07 Å². The second-order valence-corrected chi connectivity index (χ2v) is 5.98. The minimum Gasteiger partial charge on any atom is -0.328 e. The molecule has 0 spiro atoms. The van der Waals surface area contributed by atoms with Crippen LogP contribution in [-0.4, -0.2) is 12.5 Å². The van der Waals surface area contributed by atoms with Crippen LogP contribution < -0.4 is 10.6 Å². The van der Waals surface area contributed by atoms with Crippen LogP contribution in [0.3, 0.4) is 0 Å². The first-order valence-corrected chi connectivity index (χ1v) is 8.49. The number of rotatable bonds is 6. The smallest absolute Gasteiger partial charge is 0.279 e. The molecule has 26 heavy (non-hydrogen) atoms. The lowest BCUT2D eigenvalue weighted by Gasteiger charge is -2.16. The van der Waals surface area contributed by atoms with Gasteiger partial charge in [-0.05, 0) is 18.2 Å². The highest BCUT2D eigenvalue weighted by atomic mass is 16.1. The molecule has 3 rings (SSSR count). The Kier molecular flexibility index (Phi) is 5.76. The lowest BCUT2D eigenvalue weighted by atomic mass is 9.99. The second kappa shape index (κ2) is 8.61. The Hall–Kier alpha value is -3.42. The Balaban J connectivity index is 1.70. The number of quaternary nitrogens is 1. The molecule has 0 aromatic heterocycles. The van der Waals surface area contributed by atoms with E-state index in [2.05, 4.69) is 35.7 Å². The fraction of sp³-hybridized carbons (Fsp3) is 0.0909. The number of nitriles is 1. The summed E-state index contributed by atoms with van der Waals surface area (Å²) in [5.74, 6) is -0.100. The molecule has 0 saturated carbocycles. The molecule has 0 aliphatic carbocycles. The van der Waals surface area contributed by atoms with Gasteiger partial charge in [0.15, 0.2) is 6.54 Å². The quantitative estimate of drug-likeness (QED) is 0.723. The van der Waals surface area contributed by atoms with Gasteiger partial charge in [0.2, 0.25) is 0 Å². The summed E-state index contributed by atoms with van der Waals surface area (Å²) < 4.78 is 0. The third-order valence-corrected chi connectivity index (χ3v) is 4.13. The summed E-state index contributed by atoms with van der Waals surface area (Å²) >= 11 is 0. The first kappa shape index (κ1) is 17.4. The third kappa shape index (κ3) is 4.56. The van der Waals surface area contributed by atoms with E-state index >= 15 is 0 Å². The number of nitrogens with zero attached hydrogens (tertiary/aromatic N) is 1. The molecule has 4 heteroatoms. The topological polar surface area (TPSA) is 69.5 Å². The highest BCUT2D eigenvalue weighted by molar-refractivity contribution is 5.91. The van der Waals surface area contributed by atoms with Crippen LogP contribution in [0.2, 0.25) is 0 Å². The van der Waals surface area contributed by atoms with Crippen molar-refractivity contribution in [2.24, 2.45) is 0 Å². The minimum atomic E-state index is -0.100. The second-order valence-electron chi connectivity index (χ2n) is 5.98. The maximum absolute atomic E-state index is 12.4. The van der Waals surface area contributed by atoms with Crippen LogP contribution in [0.1, 0.15) is 22.7 Å². The van der Waals surface area contributed by atoms with E-state index in [1.807, 2.05) is 41.7 Å². The van der Waals surface area contributed by atoms with E-state index < -0.39 is 0 Å². The third-order valence-electron chi connectivity index (χ3n) is 4.13. The molecule has 3 aromatic carbocycles. The Morgan fingerprint density at radius 3 is 2.12 bits per heavy atom. The van der Waals surface area contributed by atoms with E-state index in [4.69, 9.17) is 5.26 Å². The van der Waals surface area contributed by atoms with Crippen molar-refractivity contribution in [1.82, 2.24) is 0 Å². The molecule has 0 aliphatic heterocycles. The minimum absolute atomic E-state index is 0.0496. The van der Waals surface area contributed by atoms with Gasteiger partial charge < -0.3 is 10.6 Å². The van der Waals surface area contributed by atoms with Crippen LogP contribution >= 0.6 is 0 Å². The van der Waals surface area contributed by atoms with Gasteiger partial charge in [-0.2, -0.15) is 5.26 Å². The molecule has 4 nitrogen and oxygen atoms in total. The van der Waals surface area contributed by atoms with Crippen molar-refractivity contribution in [3.05, 3.63) is 102 Å². The van der Waals surface area contributed by atoms with Crippen molar-refractivity contribution in [1.29, 1.82) is 5.26 Å². The largest absolute Gasteiger partial charge is 0.328 e. The molecule has 0 unspecified atom stereocenters. The standard InChI is InChI=1S/C22H19N3O/c23-15-17-8-7-13-20(14-17)25-21(26)16-24-22(18-9-3-1-4-10-18)19-11-5-2-6-12-19/h1-14,22,24H,16H2,(H,25,26)/p+1. The van der Waals surface area contributed by atoms with Gasteiger partial charge in [-0.25, -0.2) is 0 Å². The van der Waals surface area contributed by atoms with Gasteiger partial charge in [0.1, 0.15) is 6.04 Å². The molecule has 3 aromatic rings. The van der Waals surface area contributed by atoms with Gasteiger partial charge in [0.05, 0.1) is 11.6 Å². The zero-order valence-electron chi connectivity index (χ0n) is 14.3. The summed E-state index contributed by atoms with van der Waals surface area (Å²) in [4.78, 5) is 12.4. The van der Waals surface area contributed by atoms with E-state index in [-0.39, 0.29) is 18.5 Å². The number of hydrogen-bond acceptors (Lipinski definition) is 2. The molecule has 1 amide bonds. The molecule has 3 N–H and O–H groups in total. The average Bonchev–Trinajstić information content (AvgIpc) is 2.70. The van der Waals surface area contributed by atoms with E-state index in [1.54, 1.807) is 24.3 Å². The van der Waals surface area contributed by atoms with Gasteiger partial charge in [0, 0.05) is 16.8 Å². The highest BCUT2D eigenvalue weighted by Crippen LogP contribution is 2.17. The van der Waals surface area contributed by atoms with Gasteiger partial charge in [-0.15, -0.1) is 0 Å². The predicted octanol–water partition coefficient (Wildman–Crippen LogP) is 2.85. The van der Waals surface area contributed by atoms with Gasteiger partial charge in [-0.3, -0.25) is 4.79 Å². The number of anilines is 1. The Morgan fingerprint density at radius 2 is 1.54 bits per heavy atom. The first-order valence-electron chi connectivity index (χ1n) is 8.49. The lowest BCUT2D eigenvalue weighted by Crippen LogP contribution is -2.87. The Morgan fingerprint density at radius 1 is 0.923 bits per heavy atom. The fourth-order valence-electron chi connectivity index (χ4n) is 2.89. The number of benzene rings is 3. The van der Waals surface area contributed by atoms with E-state index in [0.717, 1.165) is 11.1 Å². The summed E-state index contributed by atoms with van der Waals surface area (Å²) in [7, 11) is 0. The molecule has 0 aliphatic rings. The molecule has 0 fully saturated rings. The summed E-state index contributed by atoms with van der Waals surface area (Å²) in [6.07, 6.45) is 0. The molecule has 0 bridgehead atoms. The zero-order valence-corrected chi connectivity index (χ0v) is 14.3. The van der Waals surface area contributed by atoms with Gasteiger partial charge in [-0.1, -0.05) is 66.7 Å². The van der Waals surface area contributed by atoms with Crippen LogP contribution in [-0.2, 0) is 4.79 Å². The predicted molar refractivity (Wildman–Crippen MR) is 101 cm³/mol. The van der Waals surface area contributed by atoms with E-state index in [1.165, 1.54) is 0 Å². The van der Waals surface area contributed by atoms with Crippen molar-refractivity contribution in [2.75, 3.05) is 11.9 Å². The van der Waals surface area contributed by atoms with E-state index in [9.17, 15) is 4.79 Å². The highest BCUT2D eigenvalue weighted by Gasteiger charge is 2.18. The number of carbonyl (C=O) groups is 1. The van der Waals surface area contributed by atoms with Crippen LogP contribution in [0.4, 0.5) is 5.69 Å². The monoisotopic (exact) mass is 342 g/mol. The number of nitrogens with two attached hydrogens (primary N) is 1. The number of carbonyl (C=O) groups excluding carboxylic acids is 1. The van der Waals surface area contributed by atoms with Crippen molar-refractivity contribution in [2.45, 2.75) is 6.04 Å². The normalized spacial score (nSPS) is 10.3. The van der Waals surface area contributed by atoms with Crippen LogP contribution in [0, 0.1) is 11.3 Å². The summed E-state index contributed by atoms with van der Waals surface area (Å²) in [5.41, 5.74) is 3.47. The number of hydrogen-bond donors (Lipinski definition) is 2. The molecule has 0 heterocycles. The molecular weight excluding hydrogens is 322 g/mol. The van der Waals surface area contributed by atoms with E-state index in [0.29, 0.717) is 11.3 Å². The Bertz CT molecular complexity index is 862. The molecule has 0 radical (unpaired) electrons. The van der Waals surface area contributed by atoms with Crippen molar-refractivity contribution >= 4 is 11.6 Å². The van der Waals surface area contributed by atoms with Crippen molar-refractivity contribution < 1.29 is 10.1 Å². The van der Waals surface area contributed by atoms with Crippen LogP contribution in [0.15, 0.2) is 84.9 Å². The Labute approximate surface area is 153 Å². The summed E-state index contributed by atoms with van der Waals surface area (Å²) in [5, 5.41) is 13.8. The van der Waals surface area contributed by atoms with Crippen LogP contribution in [0.5, 0.6) is 0 Å². The zero-order chi connectivity index (χ0) is 18.2. The SMILES string of the molecule is N#Cc1cccc(NC(=O)C[NH2+]C(c2ccccc2)c2ccccc2)c1. The summed E-state index contributed by atoms with van der Waals surface area (Å²) in [6.45, 7) is 0.283. The maximum Gasteiger partial charge on any atom is 0.279 e. The maximum atomic E-state index is 12.4.